The molecular weight excluding hydrogens is 252 g/mol. The van der Waals surface area contributed by atoms with E-state index in [2.05, 4.69) is 40.8 Å². The van der Waals surface area contributed by atoms with Crippen molar-refractivity contribution in [2.24, 2.45) is 0 Å². The van der Waals surface area contributed by atoms with E-state index in [9.17, 15) is 4.79 Å². The fourth-order valence-electron chi connectivity index (χ4n) is 2.28. The first-order chi connectivity index (χ1) is 9.66. The highest BCUT2D eigenvalue weighted by Crippen LogP contribution is 2.08. The smallest absolute Gasteiger partial charge is 0.220 e. The number of amides is 1. The van der Waals surface area contributed by atoms with E-state index < -0.39 is 0 Å². The second-order valence-electron chi connectivity index (χ2n) is 5.02. The molecule has 5 heteroatoms. The van der Waals surface area contributed by atoms with Gasteiger partial charge in [-0.15, -0.1) is 0 Å². The molecule has 2 rings (SSSR count). The van der Waals surface area contributed by atoms with Gasteiger partial charge in [0, 0.05) is 49.8 Å². The molecule has 0 unspecified atom stereocenters. The molecule has 0 saturated carbocycles. The molecule has 0 atom stereocenters. The van der Waals surface area contributed by atoms with E-state index >= 15 is 0 Å². The minimum Gasteiger partial charge on any atom is -0.354 e. The van der Waals surface area contributed by atoms with Crippen LogP contribution in [0.15, 0.2) is 30.9 Å². The topological polar surface area (TPSA) is 51.9 Å². The highest BCUT2D eigenvalue weighted by molar-refractivity contribution is 5.75. The molecule has 0 aliphatic rings. The Kier molecular flexibility index (Phi) is 4.98. The fourth-order valence-corrected chi connectivity index (χ4v) is 2.28. The Hall–Kier alpha value is -2.04. The Bertz CT molecular complexity index is 523. The van der Waals surface area contributed by atoms with E-state index in [1.54, 1.807) is 12.5 Å². The lowest BCUT2D eigenvalue weighted by Crippen LogP contribution is -2.27. The van der Waals surface area contributed by atoms with Gasteiger partial charge in [0.2, 0.25) is 5.91 Å². The molecule has 0 saturated heterocycles. The number of imidazole rings is 1. The van der Waals surface area contributed by atoms with E-state index in [1.165, 1.54) is 11.4 Å². The third-order valence-corrected chi connectivity index (χ3v) is 3.45. The summed E-state index contributed by atoms with van der Waals surface area (Å²) in [4.78, 5) is 15.7. The quantitative estimate of drug-likeness (QED) is 0.838. The van der Waals surface area contributed by atoms with Gasteiger partial charge in [-0.1, -0.05) is 0 Å². The van der Waals surface area contributed by atoms with Crippen molar-refractivity contribution in [3.8, 4) is 0 Å². The van der Waals surface area contributed by atoms with Gasteiger partial charge in [-0.3, -0.25) is 4.79 Å². The molecule has 0 radical (unpaired) electrons. The third-order valence-electron chi connectivity index (χ3n) is 3.45. The zero-order chi connectivity index (χ0) is 14.4. The van der Waals surface area contributed by atoms with Crippen LogP contribution in [0, 0.1) is 13.8 Å². The molecule has 0 aliphatic heterocycles. The highest BCUT2D eigenvalue weighted by atomic mass is 16.1. The van der Waals surface area contributed by atoms with Gasteiger partial charge in [0.1, 0.15) is 0 Å². The fraction of sp³-hybridized carbons (Fsp3) is 0.467. The van der Waals surface area contributed by atoms with Crippen LogP contribution in [0.1, 0.15) is 24.2 Å². The minimum absolute atomic E-state index is 0.118. The first-order valence-corrected chi connectivity index (χ1v) is 7.02. The SMILES string of the molecule is Cc1ccc(C)n1CCCC(=O)NCCn1ccnc1. The van der Waals surface area contributed by atoms with Gasteiger partial charge >= 0.3 is 0 Å². The Morgan fingerprint density at radius 3 is 2.65 bits per heavy atom. The van der Waals surface area contributed by atoms with Crippen molar-refractivity contribution in [2.45, 2.75) is 39.8 Å². The van der Waals surface area contributed by atoms with Crippen LogP contribution in [0.2, 0.25) is 0 Å². The molecule has 20 heavy (non-hydrogen) atoms. The predicted molar refractivity (Wildman–Crippen MR) is 78.4 cm³/mol. The van der Waals surface area contributed by atoms with Gasteiger partial charge in [0.05, 0.1) is 6.33 Å². The van der Waals surface area contributed by atoms with Crippen molar-refractivity contribution in [3.05, 3.63) is 42.2 Å². The molecule has 108 valence electrons. The number of carbonyl (C=O) groups is 1. The second kappa shape index (κ2) is 6.93. The molecule has 5 nitrogen and oxygen atoms in total. The van der Waals surface area contributed by atoms with Crippen molar-refractivity contribution in [1.82, 2.24) is 19.4 Å². The number of nitrogens with one attached hydrogen (secondary N) is 1. The molecular formula is C15H22N4O. The molecule has 0 bridgehead atoms. The molecule has 0 aliphatic carbocycles. The Morgan fingerprint density at radius 1 is 1.25 bits per heavy atom. The standard InChI is InChI=1S/C15H22N4O/c1-13-5-6-14(2)19(13)9-3-4-15(20)17-8-11-18-10-7-16-12-18/h5-7,10,12H,3-4,8-9,11H2,1-2H3,(H,17,20). The van der Waals surface area contributed by atoms with Gasteiger partial charge < -0.3 is 14.5 Å². The number of hydrogen-bond donors (Lipinski definition) is 1. The Balaban J connectivity index is 1.63. The van der Waals surface area contributed by atoms with Crippen LogP contribution in [0.4, 0.5) is 0 Å². The van der Waals surface area contributed by atoms with Crippen LogP contribution < -0.4 is 5.32 Å². The van der Waals surface area contributed by atoms with Gasteiger partial charge in [0.15, 0.2) is 0 Å². The van der Waals surface area contributed by atoms with Crippen molar-refractivity contribution < 1.29 is 4.79 Å². The molecule has 2 aromatic heterocycles. The maximum Gasteiger partial charge on any atom is 0.220 e. The molecule has 0 fully saturated rings. The normalized spacial score (nSPS) is 10.7. The summed E-state index contributed by atoms with van der Waals surface area (Å²) in [5, 5.41) is 2.93. The lowest BCUT2D eigenvalue weighted by molar-refractivity contribution is -0.121. The van der Waals surface area contributed by atoms with Crippen LogP contribution in [0.25, 0.3) is 0 Å². The summed E-state index contributed by atoms with van der Waals surface area (Å²) < 4.78 is 4.20. The maximum atomic E-state index is 11.7. The van der Waals surface area contributed by atoms with E-state index in [0.717, 1.165) is 19.5 Å². The maximum absolute atomic E-state index is 11.7. The molecule has 1 amide bonds. The van der Waals surface area contributed by atoms with Gasteiger partial charge in [-0.25, -0.2) is 4.98 Å². The number of rotatable bonds is 7. The monoisotopic (exact) mass is 274 g/mol. The van der Waals surface area contributed by atoms with Crippen molar-refractivity contribution in [1.29, 1.82) is 0 Å². The summed E-state index contributed by atoms with van der Waals surface area (Å²) in [6.07, 6.45) is 6.82. The number of nitrogens with zero attached hydrogens (tertiary/aromatic N) is 3. The summed E-state index contributed by atoms with van der Waals surface area (Å²) in [7, 11) is 0. The summed E-state index contributed by atoms with van der Waals surface area (Å²) in [5.74, 6) is 0.118. The summed E-state index contributed by atoms with van der Waals surface area (Å²) in [6, 6.07) is 4.22. The van der Waals surface area contributed by atoms with Crippen molar-refractivity contribution >= 4 is 5.91 Å². The minimum atomic E-state index is 0.118. The molecule has 0 aromatic carbocycles. The van der Waals surface area contributed by atoms with Crippen LogP contribution in [0.5, 0.6) is 0 Å². The number of hydrogen-bond acceptors (Lipinski definition) is 2. The lowest BCUT2D eigenvalue weighted by Gasteiger charge is -2.09. The lowest BCUT2D eigenvalue weighted by atomic mass is 10.3. The summed E-state index contributed by atoms with van der Waals surface area (Å²) in [5.41, 5.74) is 2.51. The third kappa shape index (κ3) is 3.98. The highest BCUT2D eigenvalue weighted by Gasteiger charge is 2.04. The van der Waals surface area contributed by atoms with E-state index in [-0.39, 0.29) is 5.91 Å². The van der Waals surface area contributed by atoms with Gasteiger partial charge in [-0.2, -0.15) is 0 Å². The van der Waals surface area contributed by atoms with Crippen molar-refractivity contribution in [2.75, 3.05) is 6.54 Å². The molecule has 0 spiro atoms. The number of aromatic nitrogens is 3. The number of aryl methyl sites for hydroxylation is 2. The largest absolute Gasteiger partial charge is 0.354 e. The van der Waals surface area contributed by atoms with Crippen LogP contribution in [-0.4, -0.2) is 26.6 Å². The van der Waals surface area contributed by atoms with Crippen molar-refractivity contribution in [3.63, 3.8) is 0 Å². The van der Waals surface area contributed by atoms with E-state index in [1.807, 2.05) is 10.8 Å². The van der Waals surface area contributed by atoms with E-state index in [0.29, 0.717) is 13.0 Å². The summed E-state index contributed by atoms with van der Waals surface area (Å²) in [6.45, 7) is 6.51. The first-order valence-electron chi connectivity index (χ1n) is 7.02. The Morgan fingerprint density at radius 2 is 2.00 bits per heavy atom. The summed E-state index contributed by atoms with van der Waals surface area (Å²) >= 11 is 0. The first kappa shape index (κ1) is 14.4. The Labute approximate surface area is 119 Å². The second-order valence-corrected chi connectivity index (χ2v) is 5.02. The van der Waals surface area contributed by atoms with Gasteiger partial charge in [-0.05, 0) is 32.4 Å². The number of carbonyl (C=O) groups excluding carboxylic acids is 1. The van der Waals surface area contributed by atoms with E-state index in [4.69, 9.17) is 0 Å². The van der Waals surface area contributed by atoms with Crippen LogP contribution >= 0.6 is 0 Å². The molecule has 2 heterocycles. The van der Waals surface area contributed by atoms with Crippen LogP contribution in [-0.2, 0) is 17.9 Å². The van der Waals surface area contributed by atoms with Gasteiger partial charge in [0.25, 0.3) is 0 Å². The average Bonchev–Trinajstić information content (AvgIpc) is 3.03. The van der Waals surface area contributed by atoms with Crippen LogP contribution in [0.3, 0.4) is 0 Å². The molecule has 1 N–H and O–H groups in total. The zero-order valence-electron chi connectivity index (χ0n) is 12.2. The zero-order valence-corrected chi connectivity index (χ0v) is 12.2. The molecule has 2 aromatic rings. The average molecular weight is 274 g/mol. The predicted octanol–water partition coefficient (Wildman–Crippen LogP) is 1.90.